The number of hydrogen-bond donors (Lipinski definition) is 1. The monoisotopic (exact) mass is 159 g/mol. The molecule has 0 aliphatic carbocycles. The molecule has 0 saturated carbocycles. The van der Waals surface area contributed by atoms with E-state index in [1.54, 1.807) is 6.92 Å². The molecule has 0 unspecified atom stereocenters. The van der Waals surface area contributed by atoms with Crippen LogP contribution in [0.15, 0.2) is 0 Å². The van der Waals surface area contributed by atoms with Crippen LogP contribution in [0, 0.1) is 0 Å². The van der Waals surface area contributed by atoms with Crippen LogP contribution in [-0.2, 0) is 9.53 Å². The lowest BCUT2D eigenvalue weighted by molar-refractivity contribution is -0.118. The number of nitrogens with one attached hydrogen (secondary N) is 1. The highest BCUT2D eigenvalue weighted by atomic mass is 16.5. The molecule has 0 fully saturated rings. The van der Waals surface area contributed by atoms with Gasteiger partial charge in [-0.3, -0.25) is 4.79 Å². The molecule has 0 aromatic heterocycles. The summed E-state index contributed by atoms with van der Waals surface area (Å²) in [5.41, 5.74) is 0. The third kappa shape index (κ3) is 7.49. The predicted octanol–water partition coefficient (Wildman–Crippen LogP) is 0.590. The Labute approximate surface area is 68.1 Å². The van der Waals surface area contributed by atoms with E-state index in [4.69, 9.17) is 4.74 Å². The van der Waals surface area contributed by atoms with Crippen molar-refractivity contribution in [3.8, 4) is 0 Å². The maximum absolute atomic E-state index is 10.5. The van der Waals surface area contributed by atoms with Crippen LogP contribution in [0.3, 0.4) is 0 Å². The summed E-state index contributed by atoms with van der Waals surface area (Å²) in [6.45, 7) is 4.82. The van der Waals surface area contributed by atoms with Crippen LogP contribution in [0.5, 0.6) is 0 Å². The van der Waals surface area contributed by atoms with Crippen molar-refractivity contribution in [3.63, 3.8) is 0 Å². The van der Waals surface area contributed by atoms with Gasteiger partial charge in [0.25, 0.3) is 0 Å². The predicted molar refractivity (Wildman–Crippen MR) is 44.6 cm³/mol. The van der Waals surface area contributed by atoms with Crippen molar-refractivity contribution in [2.75, 3.05) is 20.3 Å². The SMILES string of the molecule is CN[C@@H](C)COCCC(C)=O. The summed E-state index contributed by atoms with van der Waals surface area (Å²) >= 11 is 0. The van der Waals surface area contributed by atoms with Crippen molar-refractivity contribution in [1.82, 2.24) is 5.32 Å². The molecule has 0 aliphatic heterocycles. The third-order valence-corrected chi connectivity index (χ3v) is 1.46. The Morgan fingerprint density at radius 3 is 2.73 bits per heavy atom. The largest absolute Gasteiger partial charge is 0.379 e. The number of carbonyl (C=O) groups excluding carboxylic acids is 1. The van der Waals surface area contributed by atoms with Gasteiger partial charge in [0, 0.05) is 12.5 Å². The molecule has 1 N–H and O–H groups in total. The van der Waals surface area contributed by atoms with E-state index in [1.165, 1.54) is 0 Å². The molecule has 66 valence electrons. The minimum atomic E-state index is 0.183. The lowest BCUT2D eigenvalue weighted by Crippen LogP contribution is -2.27. The molecule has 0 saturated heterocycles. The van der Waals surface area contributed by atoms with Crippen molar-refractivity contribution in [3.05, 3.63) is 0 Å². The highest BCUT2D eigenvalue weighted by molar-refractivity contribution is 5.75. The molecule has 11 heavy (non-hydrogen) atoms. The molecule has 0 aromatic carbocycles. The normalized spacial score (nSPS) is 13.0. The molecule has 0 rings (SSSR count). The molecule has 0 aliphatic rings. The minimum absolute atomic E-state index is 0.183. The lowest BCUT2D eigenvalue weighted by Gasteiger charge is -2.09. The highest BCUT2D eigenvalue weighted by Crippen LogP contribution is 1.87. The van der Waals surface area contributed by atoms with E-state index < -0.39 is 0 Å². The first kappa shape index (κ1) is 10.6. The molecule has 0 heterocycles. The van der Waals surface area contributed by atoms with E-state index in [-0.39, 0.29) is 5.78 Å². The first-order valence-corrected chi connectivity index (χ1v) is 3.91. The molecule has 0 amide bonds. The Hall–Kier alpha value is -0.410. The van der Waals surface area contributed by atoms with E-state index in [9.17, 15) is 4.79 Å². The Morgan fingerprint density at radius 2 is 2.27 bits per heavy atom. The number of hydrogen-bond acceptors (Lipinski definition) is 3. The highest BCUT2D eigenvalue weighted by Gasteiger charge is 1.97. The van der Waals surface area contributed by atoms with Gasteiger partial charge in [-0.05, 0) is 20.9 Å². The van der Waals surface area contributed by atoms with Crippen molar-refractivity contribution in [1.29, 1.82) is 0 Å². The Kier molecular flexibility index (Phi) is 6.07. The maximum Gasteiger partial charge on any atom is 0.132 e. The van der Waals surface area contributed by atoms with Crippen LogP contribution in [0.25, 0.3) is 0 Å². The summed E-state index contributed by atoms with van der Waals surface area (Å²) in [5.74, 6) is 0.183. The first-order chi connectivity index (χ1) is 5.16. The minimum Gasteiger partial charge on any atom is -0.379 e. The fraction of sp³-hybridized carbons (Fsp3) is 0.875. The summed E-state index contributed by atoms with van der Waals surface area (Å²) in [7, 11) is 1.89. The molecule has 0 spiro atoms. The number of likely N-dealkylation sites (N-methyl/N-ethyl adjacent to an activating group) is 1. The van der Waals surface area contributed by atoms with Crippen molar-refractivity contribution < 1.29 is 9.53 Å². The van der Waals surface area contributed by atoms with E-state index in [2.05, 4.69) is 5.32 Å². The smallest absolute Gasteiger partial charge is 0.132 e. The molecule has 3 heteroatoms. The average molecular weight is 159 g/mol. The summed E-state index contributed by atoms with van der Waals surface area (Å²) < 4.78 is 5.21. The van der Waals surface area contributed by atoms with Crippen LogP contribution in [0.1, 0.15) is 20.3 Å². The number of ketones is 1. The van der Waals surface area contributed by atoms with Gasteiger partial charge >= 0.3 is 0 Å². The summed E-state index contributed by atoms with van der Waals surface area (Å²) in [5, 5.41) is 3.04. The molecular formula is C8H17NO2. The van der Waals surface area contributed by atoms with E-state index in [0.717, 1.165) is 0 Å². The molecule has 3 nitrogen and oxygen atoms in total. The first-order valence-electron chi connectivity index (χ1n) is 3.91. The van der Waals surface area contributed by atoms with Crippen LogP contribution >= 0.6 is 0 Å². The van der Waals surface area contributed by atoms with Crippen molar-refractivity contribution >= 4 is 5.78 Å². The Balaban J connectivity index is 3.08. The topological polar surface area (TPSA) is 38.3 Å². The number of ether oxygens (including phenoxy) is 1. The van der Waals surface area contributed by atoms with Crippen LogP contribution in [0.4, 0.5) is 0 Å². The number of rotatable bonds is 6. The van der Waals surface area contributed by atoms with E-state index in [1.807, 2.05) is 14.0 Å². The standard InChI is InChI=1S/C8H17NO2/c1-7(9-3)6-11-5-4-8(2)10/h7,9H,4-6H2,1-3H3/t7-/m0/s1. The van der Waals surface area contributed by atoms with Gasteiger partial charge in [-0.25, -0.2) is 0 Å². The second-order valence-electron chi connectivity index (χ2n) is 2.72. The Morgan fingerprint density at radius 1 is 1.64 bits per heavy atom. The van der Waals surface area contributed by atoms with Crippen LogP contribution in [-0.4, -0.2) is 32.1 Å². The van der Waals surface area contributed by atoms with Crippen molar-refractivity contribution in [2.24, 2.45) is 0 Å². The second kappa shape index (κ2) is 6.31. The number of carbonyl (C=O) groups is 1. The molecule has 0 aromatic rings. The zero-order valence-electron chi connectivity index (χ0n) is 7.52. The van der Waals surface area contributed by atoms with Crippen LogP contribution in [0.2, 0.25) is 0 Å². The van der Waals surface area contributed by atoms with E-state index >= 15 is 0 Å². The summed E-state index contributed by atoms with van der Waals surface area (Å²) in [4.78, 5) is 10.5. The fourth-order valence-electron chi connectivity index (χ4n) is 0.559. The zero-order chi connectivity index (χ0) is 8.69. The third-order valence-electron chi connectivity index (χ3n) is 1.46. The van der Waals surface area contributed by atoms with Crippen molar-refractivity contribution in [2.45, 2.75) is 26.3 Å². The van der Waals surface area contributed by atoms with Gasteiger partial charge in [0.1, 0.15) is 5.78 Å². The molecular weight excluding hydrogens is 142 g/mol. The van der Waals surface area contributed by atoms with Crippen LogP contribution < -0.4 is 5.32 Å². The van der Waals surface area contributed by atoms with Gasteiger partial charge in [0.2, 0.25) is 0 Å². The van der Waals surface area contributed by atoms with Gasteiger partial charge in [-0.1, -0.05) is 0 Å². The maximum atomic E-state index is 10.5. The quantitative estimate of drug-likeness (QED) is 0.576. The molecule has 1 atom stereocenters. The lowest BCUT2D eigenvalue weighted by atomic mass is 10.3. The average Bonchev–Trinajstić information content (AvgIpc) is 1.97. The van der Waals surface area contributed by atoms with Gasteiger partial charge in [0.15, 0.2) is 0 Å². The van der Waals surface area contributed by atoms with Gasteiger partial charge < -0.3 is 10.1 Å². The molecule has 0 radical (unpaired) electrons. The van der Waals surface area contributed by atoms with Gasteiger partial charge in [0.05, 0.1) is 13.2 Å². The molecule has 0 bridgehead atoms. The zero-order valence-corrected chi connectivity index (χ0v) is 7.52. The van der Waals surface area contributed by atoms with Gasteiger partial charge in [-0.15, -0.1) is 0 Å². The second-order valence-corrected chi connectivity index (χ2v) is 2.72. The van der Waals surface area contributed by atoms with E-state index in [0.29, 0.717) is 25.7 Å². The Bertz CT molecular complexity index is 115. The fourth-order valence-corrected chi connectivity index (χ4v) is 0.559. The summed E-state index contributed by atoms with van der Waals surface area (Å²) in [6, 6.07) is 0.363. The summed E-state index contributed by atoms with van der Waals surface area (Å²) in [6.07, 6.45) is 0.524. The number of Topliss-reactive ketones (excluding diaryl/α,β-unsaturated/α-hetero) is 1. The van der Waals surface area contributed by atoms with Gasteiger partial charge in [-0.2, -0.15) is 0 Å².